The lowest BCUT2D eigenvalue weighted by Crippen LogP contribution is -2.43. The largest absolute Gasteiger partial charge is 0.492 e. The van der Waals surface area contributed by atoms with Gasteiger partial charge in [-0.15, -0.1) is 0 Å². The molecule has 0 spiro atoms. The van der Waals surface area contributed by atoms with Gasteiger partial charge in [-0.05, 0) is 25.0 Å². The molecule has 0 aromatic heterocycles. The molecule has 1 aromatic carbocycles. The predicted octanol–water partition coefficient (Wildman–Crippen LogP) is 2.23. The number of benzene rings is 1. The van der Waals surface area contributed by atoms with Crippen molar-refractivity contribution in [2.45, 2.75) is 18.9 Å². The molecular formula is C15H19F2N3O. The van der Waals surface area contributed by atoms with Gasteiger partial charge >= 0.3 is 0 Å². The first-order valence-corrected chi connectivity index (χ1v) is 6.89. The molecule has 0 saturated heterocycles. The van der Waals surface area contributed by atoms with E-state index in [1.165, 1.54) is 6.07 Å². The lowest BCUT2D eigenvalue weighted by Gasteiger charge is -2.17. The highest BCUT2D eigenvalue weighted by Crippen LogP contribution is 2.15. The number of guanidine groups is 1. The van der Waals surface area contributed by atoms with Gasteiger partial charge in [0.1, 0.15) is 12.4 Å². The summed E-state index contributed by atoms with van der Waals surface area (Å²) in [4.78, 5) is 4.12. The average Bonchev–Trinajstić information content (AvgIpc) is 2.99. The van der Waals surface area contributed by atoms with E-state index < -0.39 is 11.6 Å². The van der Waals surface area contributed by atoms with Gasteiger partial charge in [-0.1, -0.05) is 12.2 Å². The molecule has 2 N–H and O–H groups in total. The number of ether oxygens (including phenoxy) is 1. The van der Waals surface area contributed by atoms with E-state index in [2.05, 4.69) is 27.8 Å². The van der Waals surface area contributed by atoms with Crippen molar-refractivity contribution in [2.75, 3.05) is 20.2 Å². The van der Waals surface area contributed by atoms with E-state index in [0.29, 0.717) is 30.9 Å². The monoisotopic (exact) mass is 295 g/mol. The molecule has 0 radical (unpaired) electrons. The van der Waals surface area contributed by atoms with E-state index in [9.17, 15) is 8.78 Å². The zero-order chi connectivity index (χ0) is 15.1. The van der Waals surface area contributed by atoms with E-state index in [1.807, 2.05) is 0 Å². The Morgan fingerprint density at radius 2 is 2.05 bits per heavy atom. The lowest BCUT2D eigenvalue weighted by molar-refractivity contribution is 0.318. The van der Waals surface area contributed by atoms with Crippen molar-refractivity contribution in [1.29, 1.82) is 0 Å². The van der Waals surface area contributed by atoms with Gasteiger partial charge in [-0.25, -0.2) is 8.78 Å². The van der Waals surface area contributed by atoms with E-state index in [0.717, 1.165) is 25.0 Å². The molecule has 0 aliphatic heterocycles. The molecule has 0 heterocycles. The number of hydrogen-bond donors (Lipinski definition) is 2. The molecule has 1 aliphatic rings. The first-order valence-electron chi connectivity index (χ1n) is 6.89. The van der Waals surface area contributed by atoms with Crippen molar-refractivity contribution in [3.05, 3.63) is 42.0 Å². The van der Waals surface area contributed by atoms with Crippen molar-refractivity contribution < 1.29 is 13.5 Å². The topological polar surface area (TPSA) is 45.7 Å². The third kappa shape index (κ3) is 4.73. The van der Waals surface area contributed by atoms with Crippen molar-refractivity contribution >= 4 is 5.96 Å². The fourth-order valence-electron chi connectivity index (χ4n) is 2.03. The molecule has 6 heteroatoms. The molecule has 0 unspecified atom stereocenters. The molecule has 0 atom stereocenters. The minimum absolute atomic E-state index is 0.304. The van der Waals surface area contributed by atoms with Gasteiger partial charge in [0.25, 0.3) is 0 Å². The van der Waals surface area contributed by atoms with Crippen LogP contribution in [0.4, 0.5) is 8.78 Å². The number of nitrogens with zero attached hydrogens (tertiary/aromatic N) is 1. The van der Waals surface area contributed by atoms with Crippen LogP contribution in [0.1, 0.15) is 12.8 Å². The van der Waals surface area contributed by atoms with Crippen molar-refractivity contribution in [3.63, 3.8) is 0 Å². The van der Waals surface area contributed by atoms with Gasteiger partial charge in [0.2, 0.25) is 0 Å². The maximum atomic E-state index is 13.0. The number of halogens is 2. The molecule has 0 amide bonds. The van der Waals surface area contributed by atoms with Crippen molar-refractivity contribution in [3.8, 4) is 5.75 Å². The number of aliphatic imine (C=N–C) groups is 1. The standard InChI is InChI=1S/C15H19F2N3O/c1-18-15(20-11-4-2-3-5-11)19-8-9-21-12-6-7-13(16)14(17)10-12/h2-3,6-7,10-11H,4-5,8-9H2,1H3,(H2,18,19,20). The molecular weight excluding hydrogens is 276 g/mol. The van der Waals surface area contributed by atoms with Crippen LogP contribution in [0.3, 0.4) is 0 Å². The summed E-state index contributed by atoms with van der Waals surface area (Å²) in [5.41, 5.74) is 0. The van der Waals surface area contributed by atoms with E-state index in [-0.39, 0.29) is 0 Å². The Morgan fingerprint density at radius 3 is 2.71 bits per heavy atom. The maximum absolute atomic E-state index is 13.0. The molecule has 1 aliphatic carbocycles. The van der Waals surface area contributed by atoms with Gasteiger partial charge in [-0.3, -0.25) is 4.99 Å². The lowest BCUT2D eigenvalue weighted by atomic mass is 10.2. The summed E-state index contributed by atoms with van der Waals surface area (Å²) < 4.78 is 31.1. The molecule has 0 saturated carbocycles. The molecule has 21 heavy (non-hydrogen) atoms. The fraction of sp³-hybridized carbons (Fsp3) is 0.400. The Morgan fingerprint density at radius 1 is 1.29 bits per heavy atom. The average molecular weight is 295 g/mol. The number of rotatable bonds is 5. The fourth-order valence-corrected chi connectivity index (χ4v) is 2.03. The highest BCUT2D eigenvalue weighted by molar-refractivity contribution is 5.80. The van der Waals surface area contributed by atoms with Crippen LogP contribution in [0.2, 0.25) is 0 Å². The summed E-state index contributed by atoms with van der Waals surface area (Å²) in [5, 5.41) is 6.40. The van der Waals surface area contributed by atoms with Crippen LogP contribution in [0.5, 0.6) is 5.75 Å². The zero-order valence-corrected chi connectivity index (χ0v) is 11.9. The first-order chi connectivity index (χ1) is 10.2. The maximum Gasteiger partial charge on any atom is 0.191 e. The Balaban J connectivity index is 1.69. The quantitative estimate of drug-likeness (QED) is 0.379. The third-order valence-electron chi connectivity index (χ3n) is 3.13. The van der Waals surface area contributed by atoms with Crippen LogP contribution in [0.15, 0.2) is 35.3 Å². The smallest absolute Gasteiger partial charge is 0.191 e. The Hall–Kier alpha value is -2.11. The summed E-state index contributed by atoms with van der Waals surface area (Å²) in [6, 6.07) is 3.86. The van der Waals surface area contributed by atoms with E-state index in [1.54, 1.807) is 7.05 Å². The normalized spacial score (nSPS) is 15.3. The highest BCUT2D eigenvalue weighted by atomic mass is 19.2. The van der Waals surface area contributed by atoms with E-state index >= 15 is 0 Å². The van der Waals surface area contributed by atoms with Crippen molar-refractivity contribution in [2.24, 2.45) is 4.99 Å². The van der Waals surface area contributed by atoms with Gasteiger partial charge in [0.05, 0.1) is 6.54 Å². The molecule has 4 nitrogen and oxygen atoms in total. The van der Waals surface area contributed by atoms with Gasteiger partial charge in [0.15, 0.2) is 17.6 Å². The van der Waals surface area contributed by atoms with Gasteiger partial charge in [-0.2, -0.15) is 0 Å². The molecule has 2 rings (SSSR count). The third-order valence-corrected chi connectivity index (χ3v) is 3.13. The Kier molecular flexibility index (Phi) is 5.54. The number of hydrogen-bond acceptors (Lipinski definition) is 2. The minimum Gasteiger partial charge on any atom is -0.492 e. The summed E-state index contributed by atoms with van der Waals surface area (Å²) in [6.45, 7) is 0.841. The second-order valence-electron chi connectivity index (χ2n) is 4.71. The van der Waals surface area contributed by atoms with Crippen LogP contribution >= 0.6 is 0 Å². The molecule has 0 bridgehead atoms. The van der Waals surface area contributed by atoms with Crippen LogP contribution in [0, 0.1) is 11.6 Å². The van der Waals surface area contributed by atoms with Gasteiger partial charge in [0, 0.05) is 19.2 Å². The van der Waals surface area contributed by atoms with Crippen LogP contribution in [-0.4, -0.2) is 32.2 Å². The second-order valence-corrected chi connectivity index (χ2v) is 4.71. The van der Waals surface area contributed by atoms with Crippen LogP contribution in [-0.2, 0) is 0 Å². The summed E-state index contributed by atoms with van der Waals surface area (Å²) in [7, 11) is 1.70. The number of nitrogens with one attached hydrogen (secondary N) is 2. The SMILES string of the molecule is CN=C(NCCOc1ccc(F)c(F)c1)NC1CC=CC1. The minimum atomic E-state index is -0.910. The highest BCUT2D eigenvalue weighted by Gasteiger charge is 2.11. The summed E-state index contributed by atoms with van der Waals surface area (Å²) in [5.74, 6) is -0.779. The van der Waals surface area contributed by atoms with Crippen LogP contribution in [0.25, 0.3) is 0 Å². The molecule has 114 valence electrons. The molecule has 1 aromatic rings. The predicted molar refractivity (Wildman–Crippen MR) is 78.5 cm³/mol. The summed E-state index contributed by atoms with van der Waals surface area (Å²) in [6.07, 6.45) is 6.26. The first kappa shape index (κ1) is 15.3. The summed E-state index contributed by atoms with van der Waals surface area (Å²) >= 11 is 0. The van der Waals surface area contributed by atoms with Gasteiger partial charge < -0.3 is 15.4 Å². The zero-order valence-electron chi connectivity index (χ0n) is 11.9. The molecule has 0 fully saturated rings. The van der Waals surface area contributed by atoms with Crippen LogP contribution < -0.4 is 15.4 Å². The van der Waals surface area contributed by atoms with E-state index in [4.69, 9.17) is 4.74 Å². The Labute approximate surface area is 122 Å². The Bertz CT molecular complexity index is 524. The van der Waals surface area contributed by atoms with Crippen molar-refractivity contribution in [1.82, 2.24) is 10.6 Å². The second kappa shape index (κ2) is 7.61.